The lowest BCUT2D eigenvalue weighted by atomic mass is 10.2. The molecule has 1 unspecified atom stereocenters. The zero-order valence-corrected chi connectivity index (χ0v) is 9.88. The second-order valence-electron chi connectivity index (χ2n) is 3.51. The van der Waals surface area contributed by atoms with Gasteiger partial charge in [0.2, 0.25) is 5.95 Å². The van der Waals surface area contributed by atoms with Crippen LogP contribution in [-0.4, -0.2) is 9.97 Å². The maximum absolute atomic E-state index is 12.9. The molecule has 0 saturated heterocycles. The normalized spacial score (nSPS) is 12.4. The predicted octanol–water partition coefficient (Wildman–Crippen LogP) is 3.16. The third-order valence-electron chi connectivity index (χ3n) is 2.26. The van der Waals surface area contributed by atoms with Crippen LogP contribution < -0.4 is 5.32 Å². The fourth-order valence-corrected chi connectivity index (χ4v) is 2.31. The van der Waals surface area contributed by atoms with Gasteiger partial charge in [-0.05, 0) is 26.0 Å². The Morgan fingerprint density at radius 1 is 1.44 bits per heavy atom. The molecule has 0 aliphatic heterocycles. The number of hydrogen-bond acceptors (Lipinski definition) is 4. The van der Waals surface area contributed by atoms with Crippen LogP contribution in [0.15, 0.2) is 23.7 Å². The molecular weight excluding hydrogens is 225 g/mol. The molecule has 16 heavy (non-hydrogen) atoms. The first-order valence-corrected chi connectivity index (χ1v) is 5.84. The van der Waals surface area contributed by atoms with Crippen molar-refractivity contribution in [1.82, 2.24) is 9.97 Å². The Hall–Kier alpha value is -1.49. The van der Waals surface area contributed by atoms with Gasteiger partial charge in [-0.1, -0.05) is 6.07 Å². The van der Waals surface area contributed by atoms with E-state index >= 15 is 0 Å². The number of pyridine rings is 1. The van der Waals surface area contributed by atoms with Crippen LogP contribution in [0.4, 0.5) is 10.2 Å². The average Bonchev–Trinajstić information content (AvgIpc) is 2.64. The summed E-state index contributed by atoms with van der Waals surface area (Å²) in [7, 11) is 0. The van der Waals surface area contributed by atoms with E-state index in [1.807, 2.05) is 19.4 Å². The lowest BCUT2D eigenvalue weighted by Crippen LogP contribution is -2.08. The predicted molar refractivity (Wildman–Crippen MR) is 63.1 cm³/mol. The van der Waals surface area contributed by atoms with Crippen molar-refractivity contribution in [3.05, 3.63) is 40.2 Å². The Bertz CT molecular complexity index is 484. The fraction of sp³-hybridized carbons (Fsp3) is 0.273. The summed E-state index contributed by atoms with van der Waals surface area (Å²) in [4.78, 5) is 9.08. The standard InChI is InChI=1S/C11H12FN3S/c1-7-11(16-6-13-7)8(2)14-10-5-3-4-9(12)15-10/h3-6,8H,1-2H3,(H,14,15). The SMILES string of the molecule is Cc1ncsc1C(C)Nc1cccc(F)n1. The highest BCUT2D eigenvalue weighted by Crippen LogP contribution is 2.24. The zero-order chi connectivity index (χ0) is 11.5. The molecule has 0 spiro atoms. The van der Waals surface area contributed by atoms with E-state index in [9.17, 15) is 4.39 Å². The molecule has 2 aromatic heterocycles. The molecule has 0 amide bonds. The molecule has 0 fully saturated rings. The van der Waals surface area contributed by atoms with Gasteiger partial charge in [0, 0.05) is 4.88 Å². The first-order valence-electron chi connectivity index (χ1n) is 4.96. The quantitative estimate of drug-likeness (QED) is 0.833. The third-order valence-corrected chi connectivity index (χ3v) is 3.37. The van der Waals surface area contributed by atoms with Crippen LogP contribution in [0.3, 0.4) is 0 Å². The van der Waals surface area contributed by atoms with Crippen molar-refractivity contribution in [2.75, 3.05) is 5.32 Å². The summed E-state index contributed by atoms with van der Waals surface area (Å²) < 4.78 is 12.9. The molecule has 5 heteroatoms. The smallest absolute Gasteiger partial charge is 0.214 e. The number of anilines is 1. The lowest BCUT2D eigenvalue weighted by molar-refractivity contribution is 0.584. The third kappa shape index (κ3) is 2.36. The molecule has 1 atom stereocenters. The summed E-state index contributed by atoms with van der Waals surface area (Å²) in [5.74, 6) is 0.0681. The van der Waals surface area contributed by atoms with Crippen LogP contribution in [0, 0.1) is 12.9 Å². The van der Waals surface area contributed by atoms with Gasteiger partial charge in [0.15, 0.2) is 0 Å². The molecule has 1 N–H and O–H groups in total. The summed E-state index contributed by atoms with van der Waals surface area (Å²) in [6.07, 6.45) is 0. The Labute approximate surface area is 97.4 Å². The van der Waals surface area contributed by atoms with Gasteiger partial charge in [-0.3, -0.25) is 0 Å². The number of nitrogens with one attached hydrogen (secondary N) is 1. The van der Waals surface area contributed by atoms with Crippen molar-refractivity contribution < 1.29 is 4.39 Å². The van der Waals surface area contributed by atoms with E-state index in [0.717, 1.165) is 10.6 Å². The molecule has 0 saturated carbocycles. The van der Waals surface area contributed by atoms with Gasteiger partial charge >= 0.3 is 0 Å². The maximum Gasteiger partial charge on any atom is 0.214 e. The second kappa shape index (κ2) is 4.57. The van der Waals surface area contributed by atoms with Crippen LogP contribution in [0.5, 0.6) is 0 Å². The van der Waals surface area contributed by atoms with E-state index in [2.05, 4.69) is 15.3 Å². The summed E-state index contributed by atoms with van der Waals surface area (Å²) in [5.41, 5.74) is 2.81. The van der Waals surface area contributed by atoms with Gasteiger partial charge in [-0.25, -0.2) is 9.97 Å². The van der Waals surface area contributed by atoms with Crippen molar-refractivity contribution in [2.24, 2.45) is 0 Å². The van der Waals surface area contributed by atoms with E-state index in [1.54, 1.807) is 23.5 Å². The topological polar surface area (TPSA) is 37.8 Å². The highest BCUT2D eigenvalue weighted by molar-refractivity contribution is 7.09. The molecule has 0 aliphatic carbocycles. The van der Waals surface area contributed by atoms with E-state index in [-0.39, 0.29) is 6.04 Å². The number of nitrogens with zero attached hydrogens (tertiary/aromatic N) is 2. The van der Waals surface area contributed by atoms with Gasteiger partial charge in [0.1, 0.15) is 5.82 Å². The van der Waals surface area contributed by atoms with Crippen LogP contribution in [-0.2, 0) is 0 Å². The maximum atomic E-state index is 12.9. The number of rotatable bonds is 3. The van der Waals surface area contributed by atoms with Crippen LogP contribution in [0.1, 0.15) is 23.5 Å². The van der Waals surface area contributed by atoms with Crippen molar-refractivity contribution in [1.29, 1.82) is 0 Å². The molecule has 0 aromatic carbocycles. The van der Waals surface area contributed by atoms with E-state index in [1.165, 1.54) is 6.07 Å². The van der Waals surface area contributed by atoms with Crippen molar-refractivity contribution in [2.45, 2.75) is 19.9 Å². The van der Waals surface area contributed by atoms with E-state index in [4.69, 9.17) is 0 Å². The highest BCUT2D eigenvalue weighted by atomic mass is 32.1. The monoisotopic (exact) mass is 237 g/mol. The Morgan fingerprint density at radius 3 is 2.88 bits per heavy atom. The minimum atomic E-state index is -0.474. The number of thiazole rings is 1. The minimum absolute atomic E-state index is 0.0850. The molecule has 3 nitrogen and oxygen atoms in total. The fourth-order valence-electron chi connectivity index (χ4n) is 1.50. The van der Waals surface area contributed by atoms with Crippen molar-refractivity contribution in [3.63, 3.8) is 0 Å². The van der Waals surface area contributed by atoms with E-state index in [0.29, 0.717) is 5.82 Å². The summed E-state index contributed by atoms with van der Waals surface area (Å²) in [6, 6.07) is 4.79. The van der Waals surface area contributed by atoms with Gasteiger partial charge in [-0.2, -0.15) is 4.39 Å². The zero-order valence-electron chi connectivity index (χ0n) is 9.07. The summed E-state index contributed by atoms with van der Waals surface area (Å²) in [5, 5.41) is 3.15. The molecule has 0 bridgehead atoms. The molecule has 2 rings (SSSR count). The largest absolute Gasteiger partial charge is 0.363 e. The molecule has 0 aliphatic rings. The number of hydrogen-bond donors (Lipinski definition) is 1. The van der Waals surface area contributed by atoms with Crippen molar-refractivity contribution >= 4 is 17.2 Å². The Kier molecular flexibility index (Phi) is 3.14. The molecule has 84 valence electrons. The van der Waals surface area contributed by atoms with Gasteiger partial charge in [0.05, 0.1) is 17.2 Å². The highest BCUT2D eigenvalue weighted by Gasteiger charge is 2.11. The van der Waals surface area contributed by atoms with Crippen molar-refractivity contribution in [3.8, 4) is 0 Å². The van der Waals surface area contributed by atoms with Crippen LogP contribution in [0.2, 0.25) is 0 Å². The minimum Gasteiger partial charge on any atom is -0.363 e. The van der Waals surface area contributed by atoms with Crippen LogP contribution >= 0.6 is 11.3 Å². The van der Waals surface area contributed by atoms with Gasteiger partial charge in [0.25, 0.3) is 0 Å². The number of aromatic nitrogens is 2. The van der Waals surface area contributed by atoms with E-state index < -0.39 is 5.95 Å². The second-order valence-corrected chi connectivity index (χ2v) is 4.40. The molecule has 2 aromatic rings. The Morgan fingerprint density at radius 2 is 2.25 bits per heavy atom. The number of aryl methyl sites for hydroxylation is 1. The average molecular weight is 237 g/mol. The molecule has 2 heterocycles. The summed E-state index contributed by atoms with van der Waals surface area (Å²) >= 11 is 1.59. The molecular formula is C11H12FN3S. The van der Waals surface area contributed by atoms with Gasteiger partial charge < -0.3 is 5.32 Å². The van der Waals surface area contributed by atoms with Crippen LogP contribution in [0.25, 0.3) is 0 Å². The van der Waals surface area contributed by atoms with Gasteiger partial charge in [-0.15, -0.1) is 11.3 Å². The lowest BCUT2D eigenvalue weighted by Gasteiger charge is -2.13. The summed E-state index contributed by atoms with van der Waals surface area (Å²) in [6.45, 7) is 3.97. The Balaban J connectivity index is 2.14. The number of halogens is 1. The first-order chi connectivity index (χ1) is 7.66. The first kappa shape index (κ1) is 11.0. The molecule has 0 radical (unpaired) electrons.